The summed E-state index contributed by atoms with van der Waals surface area (Å²) in [7, 11) is 0. The van der Waals surface area contributed by atoms with E-state index in [2.05, 4.69) is 35.3 Å². The van der Waals surface area contributed by atoms with Crippen molar-refractivity contribution in [3.05, 3.63) is 46.0 Å². The number of rotatable bonds is 6. The molecule has 1 fully saturated rings. The molecular formula is C18H24N4O3. The lowest BCUT2D eigenvalue weighted by Gasteiger charge is -2.33. The Labute approximate surface area is 146 Å². The largest absolute Gasteiger partial charge is 0.478 e. The van der Waals surface area contributed by atoms with Crippen LogP contribution in [-0.2, 0) is 0 Å². The van der Waals surface area contributed by atoms with Crippen molar-refractivity contribution in [1.82, 2.24) is 20.1 Å². The molecule has 2 N–H and O–H groups in total. The second-order valence-electron chi connectivity index (χ2n) is 6.67. The van der Waals surface area contributed by atoms with E-state index < -0.39 is 0 Å². The predicted octanol–water partition coefficient (Wildman–Crippen LogP) is 1.74. The number of aromatic amines is 1. The number of carbonyl (C=O) groups excluding carboxylic acids is 1. The topological polar surface area (TPSA) is 89.0 Å². The lowest BCUT2D eigenvalue weighted by atomic mass is 9.84. The molecule has 0 radical (unpaired) electrons. The monoisotopic (exact) mass is 344 g/mol. The highest BCUT2D eigenvalue weighted by Gasteiger charge is 2.30. The van der Waals surface area contributed by atoms with E-state index in [9.17, 15) is 9.59 Å². The highest BCUT2D eigenvalue weighted by molar-refractivity contribution is 5.77. The number of hydrogen-bond acceptors (Lipinski definition) is 5. The van der Waals surface area contributed by atoms with Gasteiger partial charge in [0, 0.05) is 48.6 Å². The first kappa shape index (κ1) is 17.4. The van der Waals surface area contributed by atoms with Gasteiger partial charge in [-0.3, -0.25) is 14.3 Å². The first-order valence-corrected chi connectivity index (χ1v) is 8.65. The van der Waals surface area contributed by atoms with Crippen molar-refractivity contribution < 1.29 is 9.53 Å². The number of pyridine rings is 1. The van der Waals surface area contributed by atoms with Gasteiger partial charge in [0.1, 0.15) is 5.56 Å². The molecule has 3 heterocycles. The van der Waals surface area contributed by atoms with E-state index in [1.54, 1.807) is 0 Å². The van der Waals surface area contributed by atoms with E-state index in [4.69, 9.17) is 4.74 Å². The van der Waals surface area contributed by atoms with Crippen LogP contribution in [0.2, 0.25) is 0 Å². The van der Waals surface area contributed by atoms with Gasteiger partial charge in [-0.05, 0) is 32.9 Å². The zero-order valence-corrected chi connectivity index (χ0v) is 14.6. The summed E-state index contributed by atoms with van der Waals surface area (Å²) in [5.74, 6) is 0.796. The first-order chi connectivity index (χ1) is 12.1. The third-order valence-electron chi connectivity index (χ3n) is 4.71. The molecule has 1 aliphatic rings. The highest BCUT2D eigenvalue weighted by atomic mass is 16.5. The summed E-state index contributed by atoms with van der Waals surface area (Å²) < 4.78 is 7.88. The van der Waals surface area contributed by atoms with Gasteiger partial charge in [-0.2, -0.15) is 5.10 Å². The molecule has 7 heteroatoms. The van der Waals surface area contributed by atoms with Crippen LogP contribution in [0.15, 0.2) is 29.3 Å². The standard InChI is InChI=1S/C18H24N4O3/c1-12(2)22-16(4-8-21-22)14-9-19-6-3-13(14)11-25-18-15(10-23)17(24)5-7-20-18/h4-5,7-8,10,12-14,19H,3,6,9,11H2,1-2H3,(H,20,24). The van der Waals surface area contributed by atoms with Crippen LogP contribution in [0.1, 0.15) is 48.3 Å². The van der Waals surface area contributed by atoms with Crippen molar-refractivity contribution in [2.45, 2.75) is 32.2 Å². The van der Waals surface area contributed by atoms with Crippen molar-refractivity contribution in [2.75, 3.05) is 19.7 Å². The minimum Gasteiger partial charge on any atom is -0.478 e. The maximum atomic E-state index is 11.7. The van der Waals surface area contributed by atoms with Gasteiger partial charge in [-0.25, -0.2) is 0 Å². The molecule has 1 aliphatic heterocycles. The number of hydrogen-bond donors (Lipinski definition) is 2. The molecule has 0 amide bonds. The first-order valence-electron chi connectivity index (χ1n) is 8.65. The molecule has 0 spiro atoms. The minimum absolute atomic E-state index is 0.0419. The summed E-state index contributed by atoms with van der Waals surface area (Å²) in [4.78, 5) is 25.7. The van der Waals surface area contributed by atoms with Gasteiger partial charge >= 0.3 is 0 Å². The van der Waals surface area contributed by atoms with Gasteiger partial charge in [0.05, 0.1) is 6.61 Å². The van der Waals surface area contributed by atoms with E-state index >= 15 is 0 Å². The third kappa shape index (κ3) is 3.66. The number of ether oxygens (including phenoxy) is 1. The fourth-order valence-electron chi connectivity index (χ4n) is 3.40. The molecule has 2 aromatic rings. The van der Waals surface area contributed by atoms with E-state index in [0.29, 0.717) is 18.9 Å². The molecule has 1 saturated heterocycles. The molecule has 7 nitrogen and oxygen atoms in total. The van der Waals surface area contributed by atoms with Crippen LogP contribution in [0.25, 0.3) is 0 Å². The molecule has 2 atom stereocenters. The van der Waals surface area contributed by atoms with Gasteiger partial charge in [0.25, 0.3) is 0 Å². The van der Waals surface area contributed by atoms with Crippen molar-refractivity contribution in [2.24, 2.45) is 5.92 Å². The summed E-state index contributed by atoms with van der Waals surface area (Å²) in [6.45, 7) is 6.45. The Morgan fingerprint density at radius 3 is 3.04 bits per heavy atom. The number of H-pyrrole nitrogens is 1. The number of carbonyl (C=O) groups is 1. The second kappa shape index (κ2) is 7.65. The molecule has 2 unspecified atom stereocenters. The van der Waals surface area contributed by atoms with Crippen LogP contribution >= 0.6 is 0 Å². The van der Waals surface area contributed by atoms with Gasteiger partial charge in [-0.1, -0.05) is 0 Å². The van der Waals surface area contributed by atoms with Crippen LogP contribution in [-0.4, -0.2) is 40.7 Å². The van der Waals surface area contributed by atoms with Gasteiger partial charge < -0.3 is 15.0 Å². The Bertz CT molecular complexity index is 781. The predicted molar refractivity (Wildman–Crippen MR) is 94.3 cm³/mol. The molecule has 0 bridgehead atoms. The Morgan fingerprint density at radius 1 is 1.44 bits per heavy atom. The fourth-order valence-corrected chi connectivity index (χ4v) is 3.40. The minimum atomic E-state index is -0.330. The Morgan fingerprint density at radius 2 is 2.28 bits per heavy atom. The number of nitrogens with zero attached hydrogens (tertiary/aromatic N) is 2. The normalized spacial score (nSPS) is 20.6. The summed E-state index contributed by atoms with van der Waals surface area (Å²) in [6.07, 6.45) is 4.84. The van der Waals surface area contributed by atoms with E-state index in [1.165, 1.54) is 18.0 Å². The quantitative estimate of drug-likeness (QED) is 0.779. The van der Waals surface area contributed by atoms with Crippen LogP contribution in [0, 0.1) is 5.92 Å². The highest BCUT2D eigenvalue weighted by Crippen LogP contribution is 2.31. The summed E-state index contributed by atoms with van der Waals surface area (Å²) >= 11 is 0. The zero-order chi connectivity index (χ0) is 17.8. The number of aldehydes is 1. The van der Waals surface area contributed by atoms with Crippen molar-refractivity contribution in [3.63, 3.8) is 0 Å². The Kier molecular flexibility index (Phi) is 5.33. The zero-order valence-electron chi connectivity index (χ0n) is 14.6. The smallest absolute Gasteiger partial charge is 0.205 e. The summed E-state index contributed by atoms with van der Waals surface area (Å²) in [5, 5.41) is 7.88. The van der Waals surface area contributed by atoms with Crippen LogP contribution < -0.4 is 15.5 Å². The van der Waals surface area contributed by atoms with Gasteiger partial charge in [0.2, 0.25) is 5.88 Å². The second-order valence-corrected chi connectivity index (χ2v) is 6.67. The van der Waals surface area contributed by atoms with Crippen molar-refractivity contribution in [1.29, 1.82) is 0 Å². The molecule has 0 aromatic carbocycles. The Hall–Kier alpha value is -2.41. The lowest BCUT2D eigenvalue weighted by molar-refractivity contribution is 0.111. The van der Waals surface area contributed by atoms with Crippen LogP contribution in [0.5, 0.6) is 5.88 Å². The average molecular weight is 344 g/mol. The summed E-state index contributed by atoms with van der Waals surface area (Å²) in [6, 6.07) is 3.68. The molecule has 2 aromatic heterocycles. The fraction of sp³-hybridized carbons (Fsp3) is 0.500. The van der Waals surface area contributed by atoms with Crippen LogP contribution in [0.3, 0.4) is 0 Å². The van der Waals surface area contributed by atoms with E-state index in [1.807, 2.05) is 10.9 Å². The van der Waals surface area contributed by atoms with Crippen molar-refractivity contribution >= 4 is 6.29 Å². The van der Waals surface area contributed by atoms with Gasteiger partial charge in [-0.15, -0.1) is 0 Å². The third-order valence-corrected chi connectivity index (χ3v) is 4.71. The van der Waals surface area contributed by atoms with Crippen LogP contribution in [0.4, 0.5) is 0 Å². The number of piperidine rings is 1. The van der Waals surface area contributed by atoms with Crippen molar-refractivity contribution in [3.8, 4) is 5.88 Å². The van der Waals surface area contributed by atoms with Gasteiger partial charge in [0.15, 0.2) is 11.7 Å². The summed E-state index contributed by atoms with van der Waals surface area (Å²) in [5.41, 5.74) is 0.900. The molecule has 3 rings (SSSR count). The molecular weight excluding hydrogens is 320 g/mol. The Balaban J connectivity index is 1.78. The lowest BCUT2D eigenvalue weighted by Crippen LogP contribution is -2.39. The molecule has 134 valence electrons. The maximum absolute atomic E-state index is 11.7. The number of nitrogens with one attached hydrogen (secondary N) is 2. The van der Waals surface area contributed by atoms with E-state index in [0.717, 1.165) is 19.5 Å². The maximum Gasteiger partial charge on any atom is 0.205 e. The molecule has 0 saturated carbocycles. The average Bonchev–Trinajstić information content (AvgIpc) is 3.10. The SMILES string of the molecule is CC(C)n1nccc1C1CNCCC1COc1[nH]ccc(=O)c1C=O. The van der Waals surface area contributed by atoms with E-state index in [-0.39, 0.29) is 28.7 Å². The number of aromatic nitrogens is 3. The molecule has 25 heavy (non-hydrogen) atoms. The molecule has 0 aliphatic carbocycles.